The molecule has 0 radical (unpaired) electrons. The monoisotopic (exact) mass is 498 g/mol. The smallest absolute Gasteiger partial charge is 0.256 e. The third-order valence-electron chi connectivity index (χ3n) is 6.64. The lowest BCUT2D eigenvalue weighted by molar-refractivity contribution is 0.0539. The van der Waals surface area contributed by atoms with Crippen LogP contribution in [0.1, 0.15) is 35.7 Å². The van der Waals surface area contributed by atoms with E-state index >= 15 is 4.48 Å². The van der Waals surface area contributed by atoms with Gasteiger partial charge in [0.15, 0.2) is 6.17 Å². The molecule has 1 saturated heterocycles. The number of rotatable bonds is 3. The Hall–Kier alpha value is -2.94. The van der Waals surface area contributed by atoms with Crippen LogP contribution >= 0.6 is 15.9 Å². The van der Waals surface area contributed by atoms with Gasteiger partial charge in [-0.05, 0) is 66.9 Å². The molecule has 3 heterocycles. The standard InChI is InChI=1S/C23H24BrFN6O/c1-15-8-9-18(31-26-11-12-27-31)16(14-15)21(32)29-13-5-10-23(29,2)22-28(3)19-7-4-6-17(24)20(19)30(22)25/h4,6-9,11-12,14,22H,5,10,13H2,1-3H3/t22?,23-/m0/s1. The zero-order chi connectivity index (χ0) is 22.6. The van der Waals surface area contributed by atoms with Crippen LogP contribution in [0.3, 0.4) is 0 Å². The Morgan fingerprint density at radius 2 is 1.94 bits per heavy atom. The minimum absolute atomic E-state index is 0.141. The third-order valence-corrected chi connectivity index (χ3v) is 7.28. The van der Waals surface area contributed by atoms with E-state index in [4.69, 9.17) is 0 Å². The molecule has 1 unspecified atom stereocenters. The number of hydrogen-bond acceptors (Lipinski definition) is 5. The first-order chi connectivity index (χ1) is 15.3. The van der Waals surface area contributed by atoms with Crippen LogP contribution in [0.15, 0.2) is 53.3 Å². The maximum absolute atomic E-state index is 15.8. The van der Waals surface area contributed by atoms with Crippen molar-refractivity contribution in [3.63, 3.8) is 0 Å². The van der Waals surface area contributed by atoms with E-state index in [1.54, 1.807) is 12.4 Å². The van der Waals surface area contributed by atoms with E-state index in [2.05, 4.69) is 26.1 Å². The molecule has 166 valence electrons. The Kier molecular flexibility index (Phi) is 4.96. The Balaban J connectivity index is 1.56. The van der Waals surface area contributed by atoms with Gasteiger partial charge >= 0.3 is 0 Å². The summed E-state index contributed by atoms with van der Waals surface area (Å²) in [6, 6.07) is 11.3. The van der Waals surface area contributed by atoms with Gasteiger partial charge in [-0.3, -0.25) is 4.79 Å². The summed E-state index contributed by atoms with van der Waals surface area (Å²) in [5.41, 5.74) is 2.65. The van der Waals surface area contributed by atoms with Crippen molar-refractivity contribution in [1.29, 1.82) is 0 Å². The van der Waals surface area contributed by atoms with Gasteiger partial charge in [-0.2, -0.15) is 20.1 Å². The Labute approximate surface area is 194 Å². The first-order valence-electron chi connectivity index (χ1n) is 10.6. The molecule has 9 heteroatoms. The summed E-state index contributed by atoms with van der Waals surface area (Å²) < 4.78 is 16.5. The summed E-state index contributed by atoms with van der Waals surface area (Å²) in [6.45, 7) is 4.49. The summed E-state index contributed by atoms with van der Waals surface area (Å²) in [5, 5.41) is 9.23. The number of fused-ring (bicyclic) bond motifs is 1. The highest BCUT2D eigenvalue weighted by molar-refractivity contribution is 9.10. The topological polar surface area (TPSA) is 57.5 Å². The first-order valence-corrected chi connectivity index (χ1v) is 11.4. The fourth-order valence-electron chi connectivity index (χ4n) is 5.14. The number of hydrogen-bond donors (Lipinski definition) is 0. The molecule has 0 bridgehead atoms. The zero-order valence-electron chi connectivity index (χ0n) is 18.2. The molecule has 0 saturated carbocycles. The second-order valence-electron chi connectivity index (χ2n) is 8.66. The van der Waals surface area contributed by atoms with E-state index in [0.29, 0.717) is 34.4 Å². The Morgan fingerprint density at radius 1 is 1.19 bits per heavy atom. The third kappa shape index (κ3) is 3.02. The number of likely N-dealkylation sites (N-methyl/N-ethyl adjacent to an activating group) is 1. The van der Waals surface area contributed by atoms with Crippen molar-refractivity contribution < 1.29 is 9.28 Å². The van der Waals surface area contributed by atoms with E-state index in [1.807, 2.05) is 67.1 Å². The highest BCUT2D eigenvalue weighted by Crippen LogP contribution is 2.49. The van der Waals surface area contributed by atoms with Gasteiger partial charge in [0, 0.05) is 18.1 Å². The largest absolute Gasteiger partial charge is 0.348 e. The fraction of sp³-hybridized carbons (Fsp3) is 0.348. The van der Waals surface area contributed by atoms with Crippen molar-refractivity contribution in [3.8, 4) is 5.69 Å². The zero-order valence-corrected chi connectivity index (χ0v) is 19.8. The van der Waals surface area contributed by atoms with E-state index < -0.39 is 11.7 Å². The van der Waals surface area contributed by atoms with Gasteiger partial charge in [0.05, 0.1) is 34.9 Å². The van der Waals surface area contributed by atoms with Crippen molar-refractivity contribution >= 4 is 33.2 Å². The number of aromatic nitrogens is 3. The SMILES string of the molecule is Cc1ccc(-n2nccn2)c(C(=O)N2CCC[C@@]2(C)C2N(C)c3cccc(Br)c3N2F)c1. The number of carbonyl (C=O) groups excluding carboxylic acids is 1. The van der Waals surface area contributed by atoms with Crippen LogP contribution in [0.25, 0.3) is 5.69 Å². The highest BCUT2D eigenvalue weighted by Gasteiger charge is 2.54. The van der Waals surface area contributed by atoms with E-state index in [9.17, 15) is 4.79 Å². The summed E-state index contributed by atoms with van der Waals surface area (Å²) >= 11 is 3.48. The molecule has 0 spiro atoms. The molecule has 5 rings (SSSR count). The minimum Gasteiger partial charge on any atom is -0.348 e. The van der Waals surface area contributed by atoms with Crippen molar-refractivity contribution in [2.75, 3.05) is 23.6 Å². The predicted molar refractivity (Wildman–Crippen MR) is 125 cm³/mol. The van der Waals surface area contributed by atoms with Gasteiger partial charge in [-0.15, -0.1) is 0 Å². The Bertz CT molecular complexity index is 1190. The Morgan fingerprint density at radius 3 is 2.66 bits per heavy atom. The summed E-state index contributed by atoms with van der Waals surface area (Å²) in [7, 11) is 1.88. The van der Waals surface area contributed by atoms with Crippen LogP contribution in [0.2, 0.25) is 0 Å². The molecule has 1 aromatic heterocycles. The lowest BCUT2D eigenvalue weighted by Gasteiger charge is -2.44. The van der Waals surface area contributed by atoms with E-state index in [1.165, 1.54) is 4.80 Å². The molecule has 2 aromatic carbocycles. The van der Waals surface area contributed by atoms with Crippen LogP contribution in [-0.2, 0) is 0 Å². The molecule has 32 heavy (non-hydrogen) atoms. The molecule has 3 aromatic rings. The highest BCUT2D eigenvalue weighted by atomic mass is 79.9. The van der Waals surface area contributed by atoms with Gasteiger partial charge in [-0.25, -0.2) is 0 Å². The lowest BCUT2D eigenvalue weighted by atomic mass is 9.93. The molecule has 2 atom stereocenters. The lowest BCUT2D eigenvalue weighted by Crippen LogP contribution is -2.62. The molecular formula is C23H24BrFN6O. The average Bonchev–Trinajstić information content (AvgIpc) is 3.48. The van der Waals surface area contributed by atoms with Gasteiger partial charge < -0.3 is 9.80 Å². The number of anilines is 2. The number of likely N-dealkylation sites (tertiary alicyclic amines) is 1. The first kappa shape index (κ1) is 20.9. The van der Waals surface area contributed by atoms with Gasteiger partial charge in [0.25, 0.3) is 5.91 Å². The van der Waals surface area contributed by atoms with Crippen LogP contribution in [-0.4, -0.2) is 51.1 Å². The van der Waals surface area contributed by atoms with E-state index in [-0.39, 0.29) is 5.91 Å². The van der Waals surface area contributed by atoms with Crippen molar-refractivity contribution in [2.24, 2.45) is 0 Å². The number of benzene rings is 2. The number of carbonyl (C=O) groups is 1. The van der Waals surface area contributed by atoms with Crippen LogP contribution in [0.5, 0.6) is 0 Å². The number of nitrogens with zero attached hydrogens (tertiary/aromatic N) is 6. The van der Waals surface area contributed by atoms with E-state index in [0.717, 1.165) is 22.8 Å². The van der Waals surface area contributed by atoms with Gasteiger partial charge in [-0.1, -0.05) is 22.2 Å². The van der Waals surface area contributed by atoms with Crippen LogP contribution in [0.4, 0.5) is 15.9 Å². The fourth-order valence-corrected chi connectivity index (χ4v) is 5.66. The summed E-state index contributed by atoms with van der Waals surface area (Å²) in [5.74, 6) is -0.141. The number of halogens is 2. The molecule has 0 N–H and O–H groups in total. The van der Waals surface area contributed by atoms with Crippen LogP contribution in [0, 0.1) is 6.92 Å². The normalized spacial score (nSPS) is 22.5. The molecular weight excluding hydrogens is 475 g/mol. The second kappa shape index (κ2) is 7.58. The van der Waals surface area contributed by atoms with Gasteiger partial charge in [0.2, 0.25) is 0 Å². The summed E-state index contributed by atoms with van der Waals surface area (Å²) in [4.78, 5) is 19.1. The molecule has 7 nitrogen and oxygen atoms in total. The molecule has 2 aliphatic rings. The summed E-state index contributed by atoms with van der Waals surface area (Å²) in [6.07, 6.45) is 4.02. The maximum atomic E-state index is 15.8. The number of aryl methyl sites for hydroxylation is 1. The van der Waals surface area contributed by atoms with Crippen molar-refractivity contribution in [3.05, 3.63) is 64.4 Å². The van der Waals surface area contributed by atoms with Gasteiger partial charge in [0.1, 0.15) is 5.69 Å². The van der Waals surface area contributed by atoms with Crippen LogP contribution < -0.4 is 10.0 Å². The quantitative estimate of drug-likeness (QED) is 0.497. The molecule has 2 aliphatic heterocycles. The predicted octanol–water partition coefficient (Wildman–Crippen LogP) is 4.50. The minimum atomic E-state index is -0.738. The number of para-hydroxylation sites is 1. The molecule has 1 amide bonds. The maximum Gasteiger partial charge on any atom is 0.256 e. The molecule has 0 aliphatic carbocycles. The molecule has 1 fully saturated rings. The van der Waals surface area contributed by atoms with Crippen molar-refractivity contribution in [1.82, 2.24) is 19.9 Å². The second-order valence-corrected chi connectivity index (χ2v) is 9.51. The number of amides is 1. The van der Waals surface area contributed by atoms with Crippen molar-refractivity contribution in [2.45, 2.75) is 38.4 Å². The average molecular weight is 499 g/mol.